The molecule has 4 unspecified atom stereocenters. The highest BCUT2D eigenvalue weighted by Crippen LogP contribution is 2.70. The molecule has 1 saturated heterocycles. The van der Waals surface area contributed by atoms with Crippen LogP contribution in [0.3, 0.4) is 0 Å². The molecule has 5 aliphatic rings. The normalized spacial score (nSPS) is 42.1. The minimum Gasteiger partial charge on any atom is -0.353 e. The SMILES string of the molecule is CC[C@@H](C[C@H]1CCN1)NC(=O)C12CC3CC(C)(C1)CC(c1ccccc1)(C3)C2. The van der Waals surface area contributed by atoms with E-state index < -0.39 is 0 Å². The first-order valence-electron chi connectivity index (χ1n) is 11.5. The lowest BCUT2D eigenvalue weighted by atomic mass is 9.38. The first kappa shape index (κ1) is 18.7. The van der Waals surface area contributed by atoms with Crippen molar-refractivity contribution in [2.24, 2.45) is 16.7 Å². The molecule has 2 N–H and O–H groups in total. The number of benzene rings is 1. The van der Waals surface area contributed by atoms with Crippen molar-refractivity contribution in [3.63, 3.8) is 0 Å². The zero-order valence-electron chi connectivity index (χ0n) is 17.6. The van der Waals surface area contributed by atoms with Crippen LogP contribution < -0.4 is 10.6 Å². The van der Waals surface area contributed by atoms with Crippen LogP contribution in [-0.2, 0) is 10.2 Å². The Labute approximate surface area is 170 Å². The van der Waals surface area contributed by atoms with Gasteiger partial charge in [0.25, 0.3) is 0 Å². The fourth-order valence-corrected chi connectivity index (χ4v) is 7.85. The lowest BCUT2D eigenvalue weighted by molar-refractivity contribution is -0.160. The van der Waals surface area contributed by atoms with Gasteiger partial charge in [0.2, 0.25) is 5.91 Å². The Hall–Kier alpha value is -1.35. The average molecular weight is 381 g/mol. The van der Waals surface area contributed by atoms with Gasteiger partial charge in [-0.05, 0) is 86.6 Å². The Balaban J connectivity index is 1.41. The predicted molar refractivity (Wildman–Crippen MR) is 113 cm³/mol. The summed E-state index contributed by atoms with van der Waals surface area (Å²) in [5.74, 6) is 1.08. The number of rotatable bonds is 6. The lowest BCUT2D eigenvalue weighted by Gasteiger charge is -2.65. The standard InChI is InChI=1S/C25H36N2O/c1-3-20(11-21-9-10-26-21)27-22(28)25-14-18-12-23(2,16-25)15-24(13-18,17-25)19-7-5-4-6-8-19/h4-8,18,20-21,26H,3,9-17H2,1-2H3,(H,27,28)/t18?,20-,21+,23?,24?,25?/m0/s1. The van der Waals surface area contributed by atoms with Gasteiger partial charge >= 0.3 is 0 Å². The van der Waals surface area contributed by atoms with E-state index in [4.69, 9.17) is 0 Å². The third-order valence-electron chi connectivity index (χ3n) is 8.54. The number of nitrogens with one attached hydrogen (secondary N) is 2. The molecule has 152 valence electrons. The van der Waals surface area contributed by atoms with Crippen LogP contribution in [0.4, 0.5) is 0 Å². The molecule has 0 radical (unpaired) electrons. The number of amides is 1. The van der Waals surface area contributed by atoms with E-state index in [0.717, 1.165) is 38.6 Å². The van der Waals surface area contributed by atoms with Crippen molar-refractivity contribution in [1.82, 2.24) is 10.6 Å². The maximum absolute atomic E-state index is 13.7. The summed E-state index contributed by atoms with van der Waals surface area (Å²) in [6, 6.07) is 12.0. The Morgan fingerprint density at radius 1 is 1.18 bits per heavy atom. The predicted octanol–water partition coefficient (Wildman–Crippen LogP) is 4.56. The highest BCUT2D eigenvalue weighted by atomic mass is 16.2. The summed E-state index contributed by atoms with van der Waals surface area (Å²) in [7, 11) is 0. The summed E-state index contributed by atoms with van der Waals surface area (Å²) in [5.41, 5.74) is 1.87. The smallest absolute Gasteiger partial charge is 0.226 e. The lowest BCUT2D eigenvalue weighted by Crippen LogP contribution is -2.63. The Kier molecular flexibility index (Phi) is 4.39. The topological polar surface area (TPSA) is 41.1 Å². The van der Waals surface area contributed by atoms with Gasteiger partial charge in [0.05, 0.1) is 5.41 Å². The molecule has 4 bridgehead atoms. The Morgan fingerprint density at radius 3 is 2.61 bits per heavy atom. The van der Waals surface area contributed by atoms with E-state index >= 15 is 0 Å². The summed E-state index contributed by atoms with van der Waals surface area (Å²) in [4.78, 5) is 13.7. The largest absolute Gasteiger partial charge is 0.353 e. The molecule has 4 aliphatic carbocycles. The van der Waals surface area contributed by atoms with Crippen molar-refractivity contribution in [2.75, 3.05) is 6.54 Å². The number of hydrogen-bond acceptors (Lipinski definition) is 2. The van der Waals surface area contributed by atoms with Crippen molar-refractivity contribution < 1.29 is 4.79 Å². The molecule has 1 aromatic rings. The maximum Gasteiger partial charge on any atom is 0.226 e. The molecule has 6 rings (SSSR count). The fraction of sp³-hybridized carbons (Fsp3) is 0.720. The summed E-state index contributed by atoms with van der Waals surface area (Å²) < 4.78 is 0. The molecule has 5 fully saturated rings. The van der Waals surface area contributed by atoms with Crippen molar-refractivity contribution >= 4 is 5.91 Å². The molecule has 0 spiro atoms. The fourth-order valence-electron chi connectivity index (χ4n) is 7.85. The van der Waals surface area contributed by atoms with Crippen LogP contribution in [0.25, 0.3) is 0 Å². The molecule has 1 heterocycles. The second-order valence-electron chi connectivity index (χ2n) is 11.0. The molecular formula is C25H36N2O. The quantitative estimate of drug-likeness (QED) is 0.759. The molecule has 4 saturated carbocycles. The molecule has 0 aromatic heterocycles. The minimum atomic E-state index is -0.148. The number of hydrogen-bond donors (Lipinski definition) is 2. The molecule has 6 atom stereocenters. The van der Waals surface area contributed by atoms with Crippen molar-refractivity contribution in [3.05, 3.63) is 35.9 Å². The minimum absolute atomic E-state index is 0.148. The van der Waals surface area contributed by atoms with E-state index in [9.17, 15) is 4.79 Å². The second-order valence-corrected chi connectivity index (χ2v) is 11.0. The van der Waals surface area contributed by atoms with Crippen LogP contribution in [0.5, 0.6) is 0 Å². The summed E-state index contributed by atoms with van der Waals surface area (Å²) >= 11 is 0. The van der Waals surface area contributed by atoms with Gasteiger partial charge in [0, 0.05) is 12.1 Å². The van der Waals surface area contributed by atoms with Crippen LogP contribution in [0.2, 0.25) is 0 Å². The van der Waals surface area contributed by atoms with Gasteiger partial charge < -0.3 is 10.6 Å². The zero-order valence-corrected chi connectivity index (χ0v) is 17.6. The molecular weight excluding hydrogens is 344 g/mol. The molecule has 3 heteroatoms. The second kappa shape index (κ2) is 6.58. The van der Waals surface area contributed by atoms with Crippen LogP contribution >= 0.6 is 0 Å². The van der Waals surface area contributed by atoms with Crippen LogP contribution in [0, 0.1) is 16.7 Å². The Morgan fingerprint density at radius 2 is 1.96 bits per heavy atom. The molecule has 1 aliphatic heterocycles. The van der Waals surface area contributed by atoms with Crippen molar-refractivity contribution in [1.29, 1.82) is 0 Å². The maximum atomic E-state index is 13.7. The van der Waals surface area contributed by atoms with E-state index in [-0.39, 0.29) is 10.8 Å². The van der Waals surface area contributed by atoms with Crippen LogP contribution in [-0.4, -0.2) is 24.5 Å². The highest BCUT2D eigenvalue weighted by Gasteiger charge is 2.64. The average Bonchev–Trinajstić information content (AvgIpc) is 2.62. The third-order valence-corrected chi connectivity index (χ3v) is 8.54. The van der Waals surface area contributed by atoms with Gasteiger partial charge in [0.1, 0.15) is 0 Å². The summed E-state index contributed by atoms with van der Waals surface area (Å²) in [6.07, 6.45) is 10.5. The first-order valence-corrected chi connectivity index (χ1v) is 11.5. The van der Waals surface area contributed by atoms with Gasteiger partial charge in [-0.25, -0.2) is 0 Å². The molecule has 28 heavy (non-hydrogen) atoms. The molecule has 3 nitrogen and oxygen atoms in total. The van der Waals surface area contributed by atoms with Crippen LogP contribution in [0.1, 0.15) is 77.2 Å². The first-order chi connectivity index (χ1) is 13.4. The van der Waals surface area contributed by atoms with E-state index in [0.29, 0.717) is 29.3 Å². The van der Waals surface area contributed by atoms with E-state index in [1.807, 2.05) is 0 Å². The van der Waals surface area contributed by atoms with Gasteiger partial charge in [-0.2, -0.15) is 0 Å². The van der Waals surface area contributed by atoms with Gasteiger partial charge in [-0.15, -0.1) is 0 Å². The van der Waals surface area contributed by atoms with Gasteiger partial charge in [-0.3, -0.25) is 4.79 Å². The zero-order chi connectivity index (χ0) is 19.4. The third kappa shape index (κ3) is 3.01. The number of carbonyl (C=O) groups is 1. The van der Waals surface area contributed by atoms with E-state index in [1.54, 1.807) is 0 Å². The van der Waals surface area contributed by atoms with Crippen molar-refractivity contribution in [3.8, 4) is 0 Å². The highest BCUT2D eigenvalue weighted by molar-refractivity contribution is 5.84. The van der Waals surface area contributed by atoms with E-state index in [2.05, 4.69) is 54.8 Å². The van der Waals surface area contributed by atoms with Crippen LogP contribution in [0.15, 0.2) is 30.3 Å². The van der Waals surface area contributed by atoms with Gasteiger partial charge in [-0.1, -0.05) is 44.2 Å². The summed E-state index contributed by atoms with van der Waals surface area (Å²) in [6.45, 7) is 5.82. The monoisotopic (exact) mass is 380 g/mol. The summed E-state index contributed by atoms with van der Waals surface area (Å²) in [5, 5.41) is 7.03. The van der Waals surface area contributed by atoms with E-state index in [1.165, 1.54) is 31.2 Å². The van der Waals surface area contributed by atoms with Crippen molar-refractivity contribution in [2.45, 2.75) is 89.1 Å². The Bertz CT molecular complexity index is 744. The van der Waals surface area contributed by atoms with Gasteiger partial charge in [0.15, 0.2) is 0 Å². The molecule has 1 amide bonds. The molecule has 1 aromatic carbocycles. The number of carbonyl (C=O) groups excluding carboxylic acids is 1.